The van der Waals surface area contributed by atoms with E-state index < -0.39 is 0 Å². The number of nitrogens with zero attached hydrogens (tertiary/aromatic N) is 7. The van der Waals surface area contributed by atoms with Crippen LogP contribution in [0.5, 0.6) is 0 Å². The molecule has 5 heterocycles. The van der Waals surface area contributed by atoms with Crippen LogP contribution in [0.25, 0.3) is 5.65 Å². The molecule has 0 amide bonds. The Balaban J connectivity index is 1.38. The van der Waals surface area contributed by atoms with Crippen molar-refractivity contribution in [1.29, 1.82) is 0 Å². The molecule has 0 spiro atoms. The van der Waals surface area contributed by atoms with Crippen molar-refractivity contribution in [2.24, 2.45) is 18.9 Å². The highest BCUT2D eigenvalue weighted by Gasteiger charge is 2.41. The molecular formula is C19H23N7O. The molecule has 2 saturated heterocycles. The number of hydrogen-bond donors (Lipinski definition) is 0. The fourth-order valence-corrected chi connectivity index (χ4v) is 4.45. The number of anilines is 2. The Bertz CT molecular complexity index is 1070. The Morgan fingerprint density at radius 3 is 2.33 bits per heavy atom. The van der Waals surface area contributed by atoms with Gasteiger partial charge in [-0.1, -0.05) is 0 Å². The molecule has 2 unspecified atom stereocenters. The van der Waals surface area contributed by atoms with Gasteiger partial charge in [0.1, 0.15) is 11.6 Å². The Hall–Kier alpha value is -2.90. The first-order valence-corrected chi connectivity index (χ1v) is 9.36. The molecule has 3 aromatic heterocycles. The summed E-state index contributed by atoms with van der Waals surface area (Å²) in [6.07, 6.45) is 0. The van der Waals surface area contributed by atoms with Crippen LogP contribution in [0.4, 0.5) is 11.6 Å². The quantitative estimate of drug-likeness (QED) is 0.675. The second kappa shape index (κ2) is 5.80. The molecule has 0 radical (unpaired) electrons. The van der Waals surface area contributed by atoms with Gasteiger partial charge in [-0.3, -0.25) is 4.79 Å². The smallest absolute Gasteiger partial charge is 0.266 e. The van der Waals surface area contributed by atoms with Crippen LogP contribution in [-0.4, -0.2) is 50.6 Å². The zero-order valence-electron chi connectivity index (χ0n) is 15.8. The van der Waals surface area contributed by atoms with E-state index >= 15 is 0 Å². The van der Waals surface area contributed by atoms with Crippen LogP contribution < -0.4 is 15.4 Å². The zero-order chi connectivity index (χ0) is 18.7. The van der Waals surface area contributed by atoms with Crippen molar-refractivity contribution in [3.8, 4) is 0 Å². The van der Waals surface area contributed by atoms with Gasteiger partial charge in [-0.2, -0.15) is 14.7 Å². The van der Waals surface area contributed by atoms with Gasteiger partial charge in [0.25, 0.3) is 5.56 Å². The van der Waals surface area contributed by atoms with Gasteiger partial charge in [0, 0.05) is 69.0 Å². The lowest BCUT2D eigenvalue weighted by atomic mass is 10.0. The molecule has 0 bridgehead atoms. The molecule has 3 aromatic rings. The summed E-state index contributed by atoms with van der Waals surface area (Å²) >= 11 is 0. The lowest BCUT2D eigenvalue weighted by molar-refractivity contribution is 0.533. The fourth-order valence-electron chi connectivity index (χ4n) is 4.45. The van der Waals surface area contributed by atoms with Crippen molar-refractivity contribution in [2.75, 3.05) is 36.0 Å². The van der Waals surface area contributed by atoms with E-state index in [4.69, 9.17) is 0 Å². The van der Waals surface area contributed by atoms with Gasteiger partial charge in [-0.15, -0.1) is 0 Å². The number of rotatable bonds is 2. The first-order chi connectivity index (χ1) is 13.0. The van der Waals surface area contributed by atoms with Crippen LogP contribution in [0.1, 0.15) is 11.4 Å². The molecule has 2 atom stereocenters. The average molecular weight is 365 g/mol. The maximum Gasteiger partial charge on any atom is 0.266 e. The molecule has 140 valence electrons. The lowest BCUT2D eigenvalue weighted by Crippen LogP contribution is -2.31. The van der Waals surface area contributed by atoms with Crippen LogP contribution >= 0.6 is 0 Å². The minimum absolute atomic E-state index is 0.0732. The Morgan fingerprint density at radius 1 is 0.926 bits per heavy atom. The predicted molar refractivity (Wildman–Crippen MR) is 103 cm³/mol. The Kier molecular flexibility index (Phi) is 3.50. The normalized spacial score (nSPS) is 22.0. The van der Waals surface area contributed by atoms with Gasteiger partial charge in [0.15, 0.2) is 5.65 Å². The Labute approximate surface area is 157 Å². The third-order valence-corrected chi connectivity index (χ3v) is 5.74. The summed E-state index contributed by atoms with van der Waals surface area (Å²) in [5, 5.41) is 9.04. The van der Waals surface area contributed by atoms with Crippen molar-refractivity contribution in [3.63, 3.8) is 0 Å². The van der Waals surface area contributed by atoms with E-state index in [1.54, 1.807) is 13.1 Å². The summed E-state index contributed by atoms with van der Waals surface area (Å²) in [5.41, 5.74) is 2.85. The molecule has 5 rings (SSSR count). The first kappa shape index (κ1) is 16.3. The molecule has 8 nitrogen and oxygen atoms in total. The lowest BCUT2D eigenvalue weighted by Gasteiger charge is -2.24. The van der Waals surface area contributed by atoms with E-state index in [-0.39, 0.29) is 5.56 Å². The van der Waals surface area contributed by atoms with Gasteiger partial charge in [-0.25, -0.2) is 9.67 Å². The van der Waals surface area contributed by atoms with Gasteiger partial charge in [0.05, 0.1) is 5.69 Å². The summed E-state index contributed by atoms with van der Waals surface area (Å²) in [7, 11) is 1.70. The molecular weight excluding hydrogens is 342 g/mol. The molecule has 27 heavy (non-hydrogen) atoms. The summed E-state index contributed by atoms with van der Waals surface area (Å²) in [4.78, 5) is 20.9. The van der Waals surface area contributed by atoms with Crippen molar-refractivity contribution in [1.82, 2.24) is 24.4 Å². The summed E-state index contributed by atoms with van der Waals surface area (Å²) in [6, 6.07) is 7.59. The maximum atomic E-state index is 11.6. The van der Waals surface area contributed by atoms with Gasteiger partial charge in [0.2, 0.25) is 0 Å². The molecule has 0 aromatic carbocycles. The monoisotopic (exact) mass is 365 g/mol. The van der Waals surface area contributed by atoms with Crippen LogP contribution in [0.3, 0.4) is 0 Å². The summed E-state index contributed by atoms with van der Waals surface area (Å²) in [5.74, 6) is 3.20. The SMILES string of the molecule is Cc1cc(N2CC3CN(c4ccc(=O)n(C)n4)CC3C2)n2nc(C)cc2n1. The second-order valence-corrected chi connectivity index (χ2v) is 7.79. The first-order valence-electron chi connectivity index (χ1n) is 9.36. The minimum Gasteiger partial charge on any atom is -0.356 e. The standard InChI is InChI=1S/C19H23N7O/c1-12-7-18(26-17(20-12)6-13(2)21-26)25-10-14-8-24(9-15(14)11-25)16-4-5-19(27)23(3)22-16/h4-7,14-15H,8-11H2,1-3H3. The molecule has 2 fully saturated rings. The molecule has 0 saturated carbocycles. The zero-order valence-corrected chi connectivity index (χ0v) is 15.8. The van der Waals surface area contributed by atoms with Gasteiger partial charge < -0.3 is 9.80 Å². The van der Waals surface area contributed by atoms with Crippen molar-refractivity contribution < 1.29 is 0 Å². The van der Waals surface area contributed by atoms with Crippen LogP contribution in [0.2, 0.25) is 0 Å². The van der Waals surface area contributed by atoms with E-state index in [0.717, 1.165) is 54.8 Å². The van der Waals surface area contributed by atoms with Crippen molar-refractivity contribution in [2.45, 2.75) is 13.8 Å². The van der Waals surface area contributed by atoms with E-state index in [0.29, 0.717) is 11.8 Å². The molecule has 2 aliphatic heterocycles. The third-order valence-electron chi connectivity index (χ3n) is 5.74. The number of fused-ring (bicyclic) bond motifs is 2. The molecule has 0 aliphatic carbocycles. The van der Waals surface area contributed by atoms with E-state index in [9.17, 15) is 4.79 Å². The highest BCUT2D eigenvalue weighted by atomic mass is 16.1. The highest BCUT2D eigenvalue weighted by molar-refractivity contribution is 5.53. The number of hydrogen-bond acceptors (Lipinski definition) is 6. The average Bonchev–Trinajstić information content (AvgIpc) is 3.28. The number of aryl methyl sites for hydroxylation is 3. The maximum absolute atomic E-state index is 11.6. The van der Waals surface area contributed by atoms with Gasteiger partial charge >= 0.3 is 0 Å². The predicted octanol–water partition coefficient (Wildman–Crippen LogP) is 1.01. The summed E-state index contributed by atoms with van der Waals surface area (Å²) in [6.45, 7) is 7.99. The van der Waals surface area contributed by atoms with Crippen molar-refractivity contribution in [3.05, 3.63) is 46.0 Å². The Morgan fingerprint density at radius 2 is 1.63 bits per heavy atom. The molecule has 8 heteroatoms. The van der Waals surface area contributed by atoms with Crippen LogP contribution in [-0.2, 0) is 7.05 Å². The minimum atomic E-state index is -0.0732. The van der Waals surface area contributed by atoms with E-state index in [1.165, 1.54) is 4.68 Å². The highest BCUT2D eigenvalue weighted by Crippen LogP contribution is 2.35. The van der Waals surface area contributed by atoms with Crippen LogP contribution in [0, 0.1) is 25.7 Å². The van der Waals surface area contributed by atoms with E-state index in [2.05, 4.69) is 31.0 Å². The summed E-state index contributed by atoms with van der Waals surface area (Å²) < 4.78 is 3.38. The molecule has 2 aliphatic rings. The van der Waals surface area contributed by atoms with E-state index in [1.807, 2.05) is 30.5 Å². The third kappa shape index (κ3) is 2.67. The van der Waals surface area contributed by atoms with Crippen molar-refractivity contribution >= 4 is 17.3 Å². The van der Waals surface area contributed by atoms with Crippen LogP contribution in [0.15, 0.2) is 29.1 Å². The second-order valence-electron chi connectivity index (χ2n) is 7.79. The topological polar surface area (TPSA) is 71.6 Å². The fraction of sp³-hybridized carbons (Fsp3) is 0.474. The van der Waals surface area contributed by atoms with Gasteiger partial charge in [-0.05, 0) is 19.9 Å². The largest absolute Gasteiger partial charge is 0.356 e. The molecule has 0 N–H and O–H groups in total. The number of aromatic nitrogens is 5.